The van der Waals surface area contributed by atoms with Gasteiger partial charge in [-0.2, -0.15) is 0 Å². The summed E-state index contributed by atoms with van der Waals surface area (Å²) in [5.74, 6) is 0. The highest BCUT2D eigenvalue weighted by molar-refractivity contribution is 6.79. The molecule has 11 heavy (non-hydrogen) atoms. The molecule has 0 N–H and O–H groups in total. The van der Waals surface area contributed by atoms with Crippen molar-refractivity contribution < 1.29 is 4.74 Å². The molecule has 0 spiro atoms. The highest BCUT2D eigenvalue weighted by Gasteiger charge is 2.63. The molecule has 0 unspecified atom stereocenters. The Kier molecular flexibility index (Phi) is 1.49. The average Bonchev–Trinajstić information content (AvgIpc) is 2.59. The van der Waals surface area contributed by atoms with Crippen LogP contribution in [-0.4, -0.2) is 19.4 Å². The van der Waals surface area contributed by atoms with Gasteiger partial charge in [0, 0.05) is 0 Å². The van der Waals surface area contributed by atoms with Gasteiger partial charge in [0.05, 0.1) is 19.4 Å². The van der Waals surface area contributed by atoms with Crippen molar-refractivity contribution in [2.45, 2.75) is 56.7 Å². The summed E-state index contributed by atoms with van der Waals surface area (Å²) in [6, 6.07) is 0. The van der Waals surface area contributed by atoms with Crippen LogP contribution < -0.4 is 0 Å². The summed E-state index contributed by atoms with van der Waals surface area (Å²) in [7, 11) is -1.03. The summed E-state index contributed by atoms with van der Waals surface area (Å²) in [6.45, 7) is 7.33. The van der Waals surface area contributed by atoms with Gasteiger partial charge in [0.1, 0.15) is 0 Å². The van der Waals surface area contributed by atoms with E-state index >= 15 is 0 Å². The third-order valence-corrected chi connectivity index (χ3v) is 6.58. The van der Waals surface area contributed by atoms with E-state index in [9.17, 15) is 0 Å². The molecule has 0 bridgehead atoms. The predicted octanol–water partition coefficient (Wildman–Crippen LogP) is 2.58. The van der Waals surface area contributed by atoms with E-state index < -0.39 is 8.07 Å². The Bertz CT molecular complexity index is 173. The fourth-order valence-corrected chi connectivity index (χ4v) is 5.02. The van der Waals surface area contributed by atoms with Crippen LogP contribution in [0, 0.1) is 0 Å². The zero-order valence-corrected chi connectivity index (χ0v) is 8.81. The van der Waals surface area contributed by atoms with E-state index in [4.69, 9.17) is 4.74 Å². The van der Waals surface area contributed by atoms with Crippen LogP contribution in [0.4, 0.5) is 0 Å². The van der Waals surface area contributed by atoms with Gasteiger partial charge in [-0.3, -0.25) is 0 Å². The molecule has 64 valence electrons. The van der Waals surface area contributed by atoms with Crippen molar-refractivity contribution >= 4 is 8.07 Å². The molecule has 1 nitrogen and oxygen atoms in total. The van der Waals surface area contributed by atoms with Crippen LogP contribution in [0.15, 0.2) is 0 Å². The second-order valence-electron chi connectivity index (χ2n) is 4.99. The van der Waals surface area contributed by atoms with E-state index in [0.717, 1.165) is 0 Å². The van der Waals surface area contributed by atoms with Gasteiger partial charge in [0.15, 0.2) is 0 Å². The SMILES string of the molecule is C[Si](C)(C)[C@@]12CCCC[C@H]1O2. The lowest BCUT2D eigenvalue weighted by Gasteiger charge is -2.28. The normalized spacial score (nSPS) is 43.4. The molecule has 2 fully saturated rings. The standard InChI is InChI=1S/C9H18OSi/c1-11(2,3)9-7-5-4-6-8(9)10-9/h8H,4-7H2,1-3H3/t8-,9+/m1/s1. The Labute approximate surface area is 70.1 Å². The van der Waals surface area contributed by atoms with Crippen LogP contribution in [0.2, 0.25) is 19.6 Å². The van der Waals surface area contributed by atoms with Crippen LogP contribution >= 0.6 is 0 Å². The lowest BCUT2D eigenvalue weighted by Crippen LogP contribution is -2.44. The van der Waals surface area contributed by atoms with Crippen LogP contribution in [0.1, 0.15) is 25.7 Å². The molecule has 1 heterocycles. The fraction of sp³-hybridized carbons (Fsp3) is 1.00. The van der Waals surface area contributed by atoms with E-state index in [1.807, 2.05) is 0 Å². The second kappa shape index (κ2) is 2.11. The zero-order valence-electron chi connectivity index (χ0n) is 7.81. The first-order valence-electron chi connectivity index (χ1n) is 4.74. The third-order valence-electron chi connectivity index (χ3n) is 3.35. The molecular weight excluding hydrogens is 152 g/mol. The molecule has 0 amide bonds. The number of ether oxygens (including phenoxy) is 1. The van der Waals surface area contributed by atoms with E-state index in [0.29, 0.717) is 11.3 Å². The minimum Gasteiger partial charge on any atom is -0.370 e. The molecule has 2 aliphatic rings. The zero-order chi connectivity index (χ0) is 8.11. The van der Waals surface area contributed by atoms with Crippen LogP contribution in [0.3, 0.4) is 0 Å². The molecule has 0 aromatic rings. The van der Waals surface area contributed by atoms with Crippen molar-refractivity contribution in [1.29, 1.82) is 0 Å². The Morgan fingerprint density at radius 3 is 2.45 bits per heavy atom. The molecule has 1 aliphatic carbocycles. The topological polar surface area (TPSA) is 12.5 Å². The smallest absolute Gasteiger partial charge is 0.0858 e. The maximum atomic E-state index is 5.89. The monoisotopic (exact) mass is 170 g/mol. The van der Waals surface area contributed by atoms with Crippen molar-refractivity contribution in [3.63, 3.8) is 0 Å². The van der Waals surface area contributed by atoms with Crippen molar-refractivity contribution in [3.8, 4) is 0 Å². The number of hydrogen-bond acceptors (Lipinski definition) is 1. The van der Waals surface area contributed by atoms with E-state index in [1.54, 1.807) is 0 Å². The molecule has 2 atom stereocenters. The van der Waals surface area contributed by atoms with Crippen LogP contribution in [-0.2, 0) is 4.74 Å². The van der Waals surface area contributed by atoms with Gasteiger partial charge in [-0.25, -0.2) is 0 Å². The van der Waals surface area contributed by atoms with Crippen LogP contribution in [0.25, 0.3) is 0 Å². The summed E-state index contributed by atoms with van der Waals surface area (Å²) >= 11 is 0. The minimum absolute atomic E-state index is 0.422. The van der Waals surface area contributed by atoms with Gasteiger partial charge in [0.2, 0.25) is 0 Å². The number of hydrogen-bond donors (Lipinski definition) is 0. The summed E-state index contributed by atoms with van der Waals surface area (Å²) in [6.07, 6.45) is 6.16. The molecule has 0 radical (unpaired) electrons. The summed E-state index contributed by atoms with van der Waals surface area (Å²) < 4.78 is 5.89. The summed E-state index contributed by atoms with van der Waals surface area (Å²) in [4.78, 5) is 0. The molecule has 0 aromatic heterocycles. The Balaban J connectivity index is 2.13. The molecule has 1 saturated carbocycles. The maximum absolute atomic E-state index is 5.89. The highest BCUT2D eigenvalue weighted by atomic mass is 28.3. The van der Waals surface area contributed by atoms with Gasteiger partial charge in [0.25, 0.3) is 0 Å². The van der Waals surface area contributed by atoms with Gasteiger partial charge >= 0.3 is 0 Å². The van der Waals surface area contributed by atoms with Gasteiger partial charge in [-0.15, -0.1) is 0 Å². The Morgan fingerprint density at radius 1 is 1.27 bits per heavy atom. The lowest BCUT2D eigenvalue weighted by molar-refractivity contribution is 0.343. The first-order valence-corrected chi connectivity index (χ1v) is 8.24. The Morgan fingerprint density at radius 2 is 2.00 bits per heavy atom. The molecule has 1 saturated heterocycles. The van der Waals surface area contributed by atoms with Gasteiger partial charge in [-0.1, -0.05) is 32.5 Å². The predicted molar refractivity (Wildman–Crippen MR) is 49.4 cm³/mol. The highest BCUT2D eigenvalue weighted by Crippen LogP contribution is 2.53. The molecular formula is C9H18OSi. The van der Waals surface area contributed by atoms with Crippen molar-refractivity contribution in [3.05, 3.63) is 0 Å². The number of rotatable bonds is 1. The van der Waals surface area contributed by atoms with Crippen molar-refractivity contribution in [2.24, 2.45) is 0 Å². The van der Waals surface area contributed by atoms with Gasteiger partial charge in [-0.05, 0) is 12.8 Å². The fourth-order valence-electron chi connectivity index (χ4n) is 2.48. The Hall–Kier alpha value is 0.177. The van der Waals surface area contributed by atoms with E-state index in [-0.39, 0.29) is 0 Å². The van der Waals surface area contributed by atoms with Crippen LogP contribution in [0.5, 0.6) is 0 Å². The number of epoxide rings is 1. The molecule has 2 rings (SSSR count). The van der Waals surface area contributed by atoms with E-state index in [2.05, 4.69) is 19.6 Å². The summed E-state index contributed by atoms with van der Waals surface area (Å²) in [5.41, 5.74) is 0. The van der Waals surface area contributed by atoms with Gasteiger partial charge < -0.3 is 4.74 Å². The van der Waals surface area contributed by atoms with Crippen molar-refractivity contribution in [2.75, 3.05) is 0 Å². The first kappa shape index (κ1) is 7.81. The van der Waals surface area contributed by atoms with E-state index in [1.165, 1.54) is 25.7 Å². The quantitative estimate of drug-likeness (QED) is 0.435. The summed E-state index contributed by atoms with van der Waals surface area (Å²) in [5, 5.41) is 0.422. The first-order chi connectivity index (χ1) is 5.06. The maximum Gasteiger partial charge on any atom is 0.0858 e. The second-order valence-corrected chi connectivity index (χ2v) is 10.3. The largest absolute Gasteiger partial charge is 0.370 e. The molecule has 2 heteroatoms. The molecule has 1 aliphatic heterocycles. The average molecular weight is 170 g/mol. The molecule has 0 aromatic carbocycles. The number of fused-ring (bicyclic) bond motifs is 1. The van der Waals surface area contributed by atoms with Crippen molar-refractivity contribution in [1.82, 2.24) is 0 Å². The third kappa shape index (κ3) is 0.993. The minimum atomic E-state index is -1.03. The lowest BCUT2D eigenvalue weighted by atomic mass is 10.0.